The monoisotopic (exact) mass is 233 g/mol. The first kappa shape index (κ1) is 13.3. The molecule has 0 aromatic rings. The second kappa shape index (κ2) is 6.72. The van der Waals surface area contributed by atoms with Gasteiger partial charge >= 0.3 is 0 Å². The summed E-state index contributed by atoms with van der Waals surface area (Å²) >= 11 is 5.87. The molecule has 0 bridgehead atoms. The van der Waals surface area contributed by atoms with E-state index >= 15 is 0 Å². The number of hydrogen-bond donors (Lipinski definition) is 0. The second-order valence-electron chi connectivity index (χ2n) is 4.83. The molecule has 1 saturated carbocycles. The predicted molar refractivity (Wildman–Crippen MR) is 65.5 cm³/mol. The fraction of sp³-hybridized carbons (Fsp3) is 1.00. The normalized spacial score (nSPS) is 20.6. The van der Waals surface area contributed by atoms with Gasteiger partial charge in [0.25, 0.3) is 0 Å². The summed E-state index contributed by atoms with van der Waals surface area (Å²) in [5, 5.41) is 0. The van der Waals surface area contributed by atoms with Crippen LogP contribution in [0.25, 0.3) is 0 Å². The molecule has 1 fully saturated rings. The smallest absolute Gasteiger partial charge is 0.0589 e. The topological polar surface area (TPSA) is 12.5 Å². The van der Waals surface area contributed by atoms with Crippen molar-refractivity contribution in [3.63, 3.8) is 0 Å². The Kier molecular flexibility index (Phi) is 5.95. The molecule has 0 N–H and O–H groups in total. The maximum atomic E-state index is 5.87. The number of rotatable bonds is 8. The van der Waals surface area contributed by atoms with E-state index in [0.717, 1.165) is 31.5 Å². The molecule has 0 aromatic carbocycles. The van der Waals surface area contributed by atoms with Gasteiger partial charge in [-0.15, -0.1) is 11.6 Å². The lowest BCUT2D eigenvalue weighted by Crippen LogP contribution is -2.40. The summed E-state index contributed by atoms with van der Waals surface area (Å²) in [5.41, 5.74) is 0. The van der Waals surface area contributed by atoms with E-state index in [4.69, 9.17) is 16.3 Å². The molecule has 1 aliphatic carbocycles. The molecule has 2 nitrogen and oxygen atoms in total. The SMILES string of the molecule is COCCN(CC(C)CCl)C(C)C1CC1. The highest BCUT2D eigenvalue weighted by atomic mass is 35.5. The molecule has 0 aliphatic heterocycles. The number of hydrogen-bond acceptors (Lipinski definition) is 2. The molecule has 1 rings (SSSR count). The van der Waals surface area contributed by atoms with E-state index in [1.165, 1.54) is 12.8 Å². The number of methoxy groups -OCH3 is 1. The number of halogens is 1. The van der Waals surface area contributed by atoms with E-state index in [1.807, 2.05) is 0 Å². The summed E-state index contributed by atoms with van der Waals surface area (Å²) in [6.45, 7) is 7.52. The highest BCUT2D eigenvalue weighted by Gasteiger charge is 2.32. The van der Waals surface area contributed by atoms with Crippen LogP contribution in [0.2, 0.25) is 0 Å². The Hall–Kier alpha value is 0.210. The first-order valence-corrected chi connectivity index (χ1v) is 6.51. The first-order valence-electron chi connectivity index (χ1n) is 5.98. The Balaban J connectivity index is 2.36. The van der Waals surface area contributed by atoms with Crippen LogP contribution in [-0.4, -0.2) is 43.6 Å². The molecule has 0 aromatic heterocycles. The van der Waals surface area contributed by atoms with Crippen molar-refractivity contribution >= 4 is 11.6 Å². The molecule has 1 aliphatic rings. The molecule has 15 heavy (non-hydrogen) atoms. The van der Waals surface area contributed by atoms with Crippen LogP contribution in [0.15, 0.2) is 0 Å². The predicted octanol–water partition coefficient (Wildman–Crippen LogP) is 2.61. The maximum absolute atomic E-state index is 5.87. The van der Waals surface area contributed by atoms with Crippen LogP contribution in [0, 0.1) is 11.8 Å². The third kappa shape index (κ3) is 4.71. The average Bonchev–Trinajstić information content (AvgIpc) is 3.06. The van der Waals surface area contributed by atoms with Gasteiger partial charge in [0.05, 0.1) is 6.61 Å². The largest absolute Gasteiger partial charge is 0.383 e. The van der Waals surface area contributed by atoms with Crippen molar-refractivity contribution in [2.24, 2.45) is 11.8 Å². The van der Waals surface area contributed by atoms with Gasteiger partial charge in [-0.05, 0) is 31.6 Å². The number of alkyl halides is 1. The van der Waals surface area contributed by atoms with E-state index in [2.05, 4.69) is 18.7 Å². The minimum absolute atomic E-state index is 0.574. The molecule has 0 spiro atoms. The zero-order chi connectivity index (χ0) is 11.3. The fourth-order valence-corrected chi connectivity index (χ4v) is 2.09. The van der Waals surface area contributed by atoms with Crippen molar-refractivity contribution < 1.29 is 4.74 Å². The average molecular weight is 234 g/mol. The fourth-order valence-electron chi connectivity index (χ4n) is 2.00. The summed E-state index contributed by atoms with van der Waals surface area (Å²) in [7, 11) is 1.77. The second-order valence-corrected chi connectivity index (χ2v) is 5.13. The van der Waals surface area contributed by atoms with Gasteiger partial charge in [-0.3, -0.25) is 4.90 Å². The van der Waals surface area contributed by atoms with Crippen molar-refractivity contribution in [2.45, 2.75) is 32.7 Å². The van der Waals surface area contributed by atoms with Crippen molar-refractivity contribution in [3.8, 4) is 0 Å². The Labute approximate surface area is 98.9 Å². The van der Waals surface area contributed by atoms with Crippen molar-refractivity contribution in [3.05, 3.63) is 0 Å². The summed E-state index contributed by atoms with van der Waals surface area (Å²) in [6, 6.07) is 0.700. The minimum atomic E-state index is 0.574. The molecule has 3 heteroatoms. The first-order chi connectivity index (χ1) is 7.19. The summed E-state index contributed by atoms with van der Waals surface area (Å²) < 4.78 is 5.16. The molecule has 0 radical (unpaired) electrons. The van der Waals surface area contributed by atoms with Crippen LogP contribution in [0.4, 0.5) is 0 Å². The van der Waals surface area contributed by atoms with Gasteiger partial charge in [-0.1, -0.05) is 6.92 Å². The van der Waals surface area contributed by atoms with E-state index in [1.54, 1.807) is 7.11 Å². The number of nitrogens with zero attached hydrogens (tertiary/aromatic N) is 1. The van der Waals surface area contributed by atoms with Crippen LogP contribution in [0.5, 0.6) is 0 Å². The van der Waals surface area contributed by atoms with Crippen LogP contribution in [0.1, 0.15) is 26.7 Å². The van der Waals surface area contributed by atoms with Gasteiger partial charge in [-0.25, -0.2) is 0 Å². The van der Waals surface area contributed by atoms with Gasteiger partial charge < -0.3 is 4.74 Å². The zero-order valence-corrected chi connectivity index (χ0v) is 11.0. The molecular weight excluding hydrogens is 210 g/mol. The lowest BCUT2D eigenvalue weighted by Gasteiger charge is -2.30. The molecule has 0 heterocycles. The van der Waals surface area contributed by atoms with Crippen LogP contribution >= 0.6 is 11.6 Å². The Morgan fingerprint density at radius 1 is 1.40 bits per heavy atom. The maximum Gasteiger partial charge on any atom is 0.0589 e. The minimum Gasteiger partial charge on any atom is -0.383 e. The van der Waals surface area contributed by atoms with Crippen LogP contribution < -0.4 is 0 Å². The van der Waals surface area contributed by atoms with Crippen molar-refractivity contribution in [1.82, 2.24) is 4.90 Å². The van der Waals surface area contributed by atoms with Gasteiger partial charge in [-0.2, -0.15) is 0 Å². The Morgan fingerprint density at radius 3 is 2.53 bits per heavy atom. The molecular formula is C12H24ClNO. The van der Waals surface area contributed by atoms with Gasteiger partial charge in [0, 0.05) is 32.1 Å². The third-order valence-corrected chi connectivity index (χ3v) is 3.80. The molecule has 2 atom stereocenters. The van der Waals surface area contributed by atoms with Crippen molar-refractivity contribution in [2.75, 3.05) is 32.7 Å². The highest BCUT2D eigenvalue weighted by molar-refractivity contribution is 6.18. The lowest BCUT2D eigenvalue weighted by molar-refractivity contribution is 0.108. The standard InChI is InChI=1S/C12H24ClNO/c1-10(8-13)9-14(6-7-15-3)11(2)12-4-5-12/h10-12H,4-9H2,1-3H3. The van der Waals surface area contributed by atoms with E-state index in [-0.39, 0.29) is 0 Å². The molecule has 0 saturated heterocycles. The van der Waals surface area contributed by atoms with Crippen LogP contribution in [0.3, 0.4) is 0 Å². The summed E-state index contributed by atoms with van der Waals surface area (Å²) in [6.07, 6.45) is 2.81. The van der Waals surface area contributed by atoms with Gasteiger partial charge in [0.15, 0.2) is 0 Å². The van der Waals surface area contributed by atoms with Gasteiger partial charge in [0.1, 0.15) is 0 Å². The van der Waals surface area contributed by atoms with E-state index < -0.39 is 0 Å². The summed E-state index contributed by atoms with van der Waals surface area (Å²) in [4.78, 5) is 2.54. The van der Waals surface area contributed by atoms with E-state index in [0.29, 0.717) is 12.0 Å². The zero-order valence-electron chi connectivity index (χ0n) is 10.2. The van der Waals surface area contributed by atoms with Crippen LogP contribution in [-0.2, 0) is 4.74 Å². The highest BCUT2D eigenvalue weighted by Crippen LogP contribution is 2.35. The lowest BCUT2D eigenvalue weighted by atomic mass is 10.1. The molecule has 0 amide bonds. The van der Waals surface area contributed by atoms with Gasteiger partial charge in [0.2, 0.25) is 0 Å². The molecule has 2 unspecified atom stereocenters. The molecule has 90 valence electrons. The Morgan fingerprint density at radius 2 is 2.07 bits per heavy atom. The van der Waals surface area contributed by atoms with Crippen molar-refractivity contribution in [1.29, 1.82) is 0 Å². The Bertz CT molecular complexity index is 173. The third-order valence-electron chi connectivity index (χ3n) is 3.27. The quantitative estimate of drug-likeness (QED) is 0.598. The summed E-state index contributed by atoms with van der Waals surface area (Å²) in [5.74, 6) is 2.25. The number of ether oxygens (including phenoxy) is 1. The van der Waals surface area contributed by atoms with E-state index in [9.17, 15) is 0 Å².